The van der Waals surface area contributed by atoms with Gasteiger partial charge in [-0.25, -0.2) is 9.78 Å². The Bertz CT molecular complexity index is 968. The second kappa shape index (κ2) is 9.14. The largest absolute Gasteiger partial charge is 0.493 e. The van der Waals surface area contributed by atoms with Gasteiger partial charge in [0, 0.05) is 16.5 Å². The Labute approximate surface area is 166 Å². The second-order valence-corrected chi connectivity index (χ2v) is 6.74. The van der Waals surface area contributed by atoms with Crippen molar-refractivity contribution in [2.75, 3.05) is 13.7 Å². The predicted molar refractivity (Wildman–Crippen MR) is 106 cm³/mol. The molecule has 0 saturated carbocycles. The third kappa shape index (κ3) is 4.95. The average molecular weight is 397 g/mol. The molecule has 6 nitrogen and oxygen atoms in total. The first kappa shape index (κ1) is 19.6. The molecule has 3 rings (SSSR count). The van der Waals surface area contributed by atoms with Crippen LogP contribution in [0, 0.1) is 0 Å². The maximum atomic E-state index is 12.0. The van der Waals surface area contributed by atoms with Crippen LogP contribution in [0.15, 0.2) is 53.9 Å². The van der Waals surface area contributed by atoms with E-state index in [9.17, 15) is 9.59 Å². The summed E-state index contributed by atoms with van der Waals surface area (Å²) in [6, 6.07) is 14.6. The van der Waals surface area contributed by atoms with Gasteiger partial charge in [0.1, 0.15) is 11.6 Å². The third-order valence-electron chi connectivity index (χ3n) is 3.87. The van der Waals surface area contributed by atoms with Gasteiger partial charge in [-0.15, -0.1) is 11.3 Å². The lowest BCUT2D eigenvalue weighted by Crippen LogP contribution is -2.15. The van der Waals surface area contributed by atoms with Crippen molar-refractivity contribution >= 4 is 23.1 Å². The molecular formula is C21H19NO5S. The molecule has 1 aromatic heterocycles. The van der Waals surface area contributed by atoms with Crippen molar-refractivity contribution < 1.29 is 23.8 Å². The summed E-state index contributed by atoms with van der Waals surface area (Å²) in [5.74, 6) is 0.145. The van der Waals surface area contributed by atoms with E-state index < -0.39 is 5.97 Å². The molecule has 0 spiro atoms. The number of aromatic nitrogens is 1. The normalized spacial score (nSPS) is 10.4. The Morgan fingerprint density at radius 2 is 1.86 bits per heavy atom. The van der Waals surface area contributed by atoms with E-state index in [1.165, 1.54) is 25.4 Å². The van der Waals surface area contributed by atoms with Gasteiger partial charge < -0.3 is 14.2 Å². The minimum absolute atomic E-state index is 0.0753. The summed E-state index contributed by atoms with van der Waals surface area (Å²) in [6.45, 7) is 1.27. The van der Waals surface area contributed by atoms with Crippen LogP contribution in [0.5, 0.6) is 11.5 Å². The van der Waals surface area contributed by atoms with E-state index in [4.69, 9.17) is 14.2 Å². The van der Waals surface area contributed by atoms with Crippen molar-refractivity contribution in [2.45, 2.75) is 13.5 Å². The summed E-state index contributed by atoms with van der Waals surface area (Å²) in [4.78, 5) is 27.9. The molecule has 0 N–H and O–H groups in total. The highest BCUT2D eigenvalue weighted by atomic mass is 32.1. The molecule has 0 atom stereocenters. The maximum Gasteiger partial charge on any atom is 0.344 e. The molecule has 0 saturated heterocycles. The fraction of sp³-hybridized carbons (Fsp3) is 0.190. The van der Waals surface area contributed by atoms with E-state index in [2.05, 4.69) is 4.98 Å². The molecule has 0 radical (unpaired) electrons. The second-order valence-electron chi connectivity index (χ2n) is 5.88. The smallest absolute Gasteiger partial charge is 0.344 e. The van der Waals surface area contributed by atoms with E-state index in [1.807, 2.05) is 35.7 Å². The van der Waals surface area contributed by atoms with Gasteiger partial charge >= 0.3 is 5.97 Å². The zero-order chi connectivity index (χ0) is 19.9. The van der Waals surface area contributed by atoms with Crippen molar-refractivity contribution in [1.29, 1.82) is 0 Å². The Morgan fingerprint density at radius 1 is 1.07 bits per heavy atom. The zero-order valence-corrected chi connectivity index (χ0v) is 16.3. The van der Waals surface area contributed by atoms with Crippen LogP contribution in [0.1, 0.15) is 23.0 Å². The van der Waals surface area contributed by atoms with Crippen LogP contribution >= 0.6 is 11.3 Å². The number of carbonyl (C=O) groups excluding carboxylic acids is 2. The van der Waals surface area contributed by atoms with Crippen molar-refractivity contribution in [2.24, 2.45) is 0 Å². The summed E-state index contributed by atoms with van der Waals surface area (Å²) < 4.78 is 15.9. The Hall–Kier alpha value is -3.19. The molecule has 0 amide bonds. The molecule has 7 heteroatoms. The molecule has 0 aliphatic rings. The van der Waals surface area contributed by atoms with E-state index in [0.717, 1.165) is 10.6 Å². The van der Waals surface area contributed by atoms with E-state index in [-0.39, 0.29) is 19.0 Å². The Kier molecular flexibility index (Phi) is 6.39. The van der Waals surface area contributed by atoms with Gasteiger partial charge in [0.2, 0.25) is 0 Å². The summed E-state index contributed by atoms with van der Waals surface area (Å²) in [7, 11) is 1.47. The lowest BCUT2D eigenvalue weighted by atomic mass is 10.1. The van der Waals surface area contributed by atoms with Gasteiger partial charge in [-0.2, -0.15) is 0 Å². The Morgan fingerprint density at radius 3 is 2.57 bits per heavy atom. The molecular weight excluding hydrogens is 378 g/mol. The first-order valence-corrected chi connectivity index (χ1v) is 9.42. The van der Waals surface area contributed by atoms with Gasteiger partial charge in [0.25, 0.3) is 0 Å². The average Bonchev–Trinajstić information content (AvgIpc) is 3.20. The van der Waals surface area contributed by atoms with Crippen LogP contribution in [-0.2, 0) is 16.1 Å². The van der Waals surface area contributed by atoms with Crippen LogP contribution in [0.4, 0.5) is 0 Å². The van der Waals surface area contributed by atoms with E-state index in [0.29, 0.717) is 22.8 Å². The van der Waals surface area contributed by atoms with Gasteiger partial charge in [-0.1, -0.05) is 30.3 Å². The number of ether oxygens (including phenoxy) is 3. The minimum atomic E-state index is -0.521. The number of thiazole rings is 1. The first-order chi connectivity index (χ1) is 13.6. The lowest BCUT2D eigenvalue weighted by molar-refractivity contribution is -0.147. The molecule has 0 fully saturated rings. The molecule has 144 valence electrons. The topological polar surface area (TPSA) is 74.7 Å². The highest BCUT2D eigenvalue weighted by Gasteiger charge is 2.12. The van der Waals surface area contributed by atoms with Gasteiger partial charge in [0.15, 0.2) is 23.9 Å². The number of benzene rings is 2. The number of methoxy groups -OCH3 is 1. The highest BCUT2D eigenvalue weighted by Crippen LogP contribution is 2.28. The number of esters is 1. The fourth-order valence-electron chi connectivity index (χ4n) is 2.43. The predicted octanol–water partition coefficient (Wildman–Crippen LogP) is 4.14. The first-order valence-electron chi connectivity index (χ1n) is 8.54. The summed E-state index contributed by atoms with van der Waals surface area (Å²) in [6.07, 6.45) is 0. The number of hydrogen-bond donors (Lipinski definition) is 0. The molecule has 0 aliphatic carbocycles. The van der Waals surface area contributed by atoms with Crippen LogP contribution in [0.2, 0.25) is 0 Å². The number of nitrogens with zero attached hydrogens (tertiary/aromatic N) is 1. The zero-order valence-electron chi connectivity index (χ0n) is 15.5. The highest BCUT2D eigenvalue weighted by molar-refractivity contribution is 7.13. The van der Waals surface area contributed by atoms with Gasteiger partial charge in [-0.3, -0.25) is 4.79 Å². The van der Waals surface area contributed by atoms with Gasteiger partial charge in [0.05, 0.1) is 12.8 Å². The quantitative estimate of drug-likeness (QED) is 0.420. The molecule has 28 heavy (non-hydrogen) atoms. The van der Waals surface area contributed by atoms with Crippen LogP contribution in [0.25, 0.3) is 10.6 Å². The summed E-state index contributed by atoms with van der Waals surface area (Å²) in [5.41, 5.74) is 2.21. The summed E-state index contributed by atoms with van der Waals surface area (Å²) >= 11 is 1.50. The van der Waals surface area contributed by atoms with Gasteiger partial charge in [-0.05, 0) is 25.1 Å². The number of Topliss-reactive ketones (excluding diaryl/α,β-unsaturated/α-hetero) is 1. The van der Waals surface area contributed by atoms with Crippen molar-refractivity contribution in [1.82, 2.24) is 4.98 Å². The number of ketones is 1. The number of carbonyl (C=O) groups is 2. The molecule has 2 aromatic carbocycles. The number of rotatable bonds is 8. The molecule has 0 bridgehead atoms. The number of hydrogen-bond acceptors (Lipinski definition) is 7. The van der Waals surface area contributed by atoms with E-state index in [1.54, 1.807) is 18.2 Å². The van der Waals surface area contributed by atoms with Crippen molar-refractivity contribution in [3.8, 4) is 22.1 Å². The Balaban J connectivity index is 1.53. The van der Waals surface area contributed by atoms with E-state index >= 15 is 0 Å². The van der Waals surface area contributed by atoms with Crippen molar-refractivity contribution in [3.05, 3.63) is 65.2 Å². The van der Waals surface area contributed by atoms with Crippen LogP contribution in [0.3, 0.4) is 0 Å². The SMILES string of the molecule is COc1cc(C(C)=O)ccc1OCC(=O)OCc1csc(-c2ccccc2)n1. The monoisotopic (exact) mass is 397 g/mol. The van der Waals surface area contributed by atoms with Crippen LogP contribution < -0.4 is 9.47 Å². The molecule has 3 aromatic rings. The molecule has 0 aliphatic heterocycles. The third-order valence-corrected chi connectivity index (χ3v) is 4.81. The lowest BCUT2D eigenvalue weighted by Gasteiger charge is -2.11. The van der Waals surface area contributed by atoms with Crippen molar-refractivity contribution in [3.63, 3.8) is 0 Å². The molecule has 0 unspecified atom stereocenters. The van der Waals surface area contributed by atoms with Crippen LogP contribution in [-0.4, -0.2) is 30.5 Å². The standard InChI is InChI=1S/C21H19NO5S/c1-14(23)16-8-9-18(19(10-16)25-2)26-12-20(24)27-11-17-13-28-21(22-17)15-6-4-3-5-7-15/h3-10,13H,11-12H2,1-2H3. The summed E-state index contributed by atoms with van der Waals surface area (Å²) in [5, 5.41) is 2.73. The fourth-order valence-corrected chi connectivity index (χ4v) is 3.24. The molecule has 1 heterocycles. The minimum Gasteiger partial charge on any atom is -0.493 e. The maximum absolute atomic E-state index is 12.0.